The van der Waals surface area contributed by atoms with Gasteiger partial charge in [0.2, 0.25) is 10.0 Å². The number of sulfonamides is 1. The molecular formula is C23H27BrF3N3O6S. The Bertz CT molecular complexity index is 1160. The van der Waals surface area contributed by atoms with Gasteiger partial charge in [-0.1, -0.05) is 34.1 Å². The van der Waals surface area contributed by atoms with Crippen molar-refractivity contribution in [1.82, 2.24) is 14.5 Å². The van der Waals surface area contributed by atoms with Gasteiger partial charge in [0.25, 0.3) is 5.91 Å². The van der Waals surface area contributed by atoms with Gasteiger partial charge in [0.15, 0.2) is 0 Å². The summed E-state index contributed by atoms with van der Waals surface area (Å²) in [5.74, 6) is -2.43. The maximum atomic E-state index is 13.2. The highest BCUT2D eigenvalue weighted by atomic mass is 79.9. The maximum absolute atomic E-state index is 13.2. The highest BCUT2D eigenvalue weighted by Gasteiger charge is 2.38. The summed E-state index contributed by atoms with van der Waals surface area (Å²) in [7, 11) is -1.87. The van der Waals surface area contributed by atoms with Crippen molar-refractivity contribution in [2.24, 2.45) is 0 Å². The summed E-state index contributed by atoms with van der Waals surface area (Å²) in [5.41, 5.74) is 1.33. The smallest absolute Gasteiger partial charge is 0.490 e. The molecule has 2 aromatic carbocycles. The molecule has 9 nitrogen and oxygen atoms in total. The average Bonchev–Trinajstić information content (AvgIpc) is 2.87. The van der Waals surface area contributed by atoms with Crippen LogP contribution < -0.4 is 10.1 Å². The summed E-state index contributed by atoms with van der Waals surface area (Å²) in [5, 5.41) is 10.3. The molecule has 0 atom stereocenters. The van der Waals surface area contributed by atoms with Crippen LogP contribution in [0.1, 0.15) is 15.9 Å². The summed E-state index contributed by atoms with van der Waals surface area (Å²) < 4.78 is 65.1. The van der Waals surface area contributed by atoms with Crippen LogP contribution in [0.25, 0.3) is 0 Å². The van der Waals surface area contributed by atoms with E-state index in [4.69, 9.17) is 14.6 Å². The number of aliphatic carboxylic acids is 1. The second-order valence-electron chi connectivity index (χ2n) is 7.81. The van der Waals surface area contributed by atoms with Crippen LogP contribution in [0.5, 0.6) is 5.75 Å². The number of methoxy groups -OCH3 is 1. The van der Waals surface area contributed by atoms with Crippen LogP contribution in [0, 0.1) is 0 Å². The number of piperazine rings is 1. The molecule has 1 aliphatic heterocycles. The molecule has 1 amide bonds. The van der Waals surface area contributed by atoms with Gasteiger partial charge in [0.05, 0.1) is 12.9 Å². The molecule has 1 fully saturated rings. The number of hydrogen-bond donors (Lipinski definition) is 2. The Morgan fingerprint density at radius 1 is 1.11 bits per heavy atom. The standard InChI is InChI=1S/C21H26BrN3O4S.C2HF3O2/c1-29-20-5-3-2-4-18(20)16-24(21(26)17-6-8-19(22)9-7-17)14-15-30(27,28)25-12-10-23-11-13-25;3-2(4,5)1(6)7/h2-9,23H,10-16H2,1H3;(H,6,7). The number of rotatable bonds is 8. The van der Waals surface area contributed by atoms with Crippen molar-refractivity contribution in [2.45, 2.75) is 12.7 Å². The molecule has 204 valence electrons. The Morgan fingerprint density at radius 2 is 1.68 bits per heavy atom. The number of halogens is 4. The van der Waals surface area contributed by atoms with E-state index in [9.17, 15) is 26.4 Å². The number of nitrogens with one attached hydrogen (secondary N) is 1. The first-order chi connectivity index (χ1) is 17.3. The molecule has 0 spiro atoms. The van der Waals surface area contributed by atoms with Crippen LogP contribution in [0.3, 0.4) is 0 Å². The average molecular weight is 610 g/mol. The quantitative estimate of drug-likeness (QED) is 0.473. The van der Waals surface area contributed by atoms with E-state index in [1.165, 1.54) is 4.31 Å². The van der Waals surface area contributed by atoms with Crippen molar-refractivity contribution in [3.8, 4) is 5.75 Å². The fourth-order valence-electron chi connectivity index (χ4n) is 3.34. The molecule has 14 heteroatoms. The molecule has 2 N–H and O–H groups in total. The van der Waals surface area contributed by atoms with Crippen LogP contribution in [0.4, 0.5) is 13.2 Å². The van der Waals surface area contributed by atoms with E-state index in [0.29, 0.717) is 37.5 Å². The zero-order chi connectivity index (χ0) is 27.6. The lowest BCUT2D eigenvalue weighted by molar-refractivity contribution is -0.192. The Labute approximate surface area is 221 Å². The highest BCUT2D eigenvalue weighted by molar-refractivity contribution is 9.10. The van der Waals surface area contributed by atoms with E-state index in [-0.39, 0.29) is 24.7 Å². The molecule has 2 aromatic rings. The number of benzene rings is 2. The lowest BCUT2D eigenvalue weighted by Gasteiger charge is -2.29. The zero-order valence-corrected chi connectivity index (χ0v) is 22.3. The largest absolute Gasteiger partial charge is 0.496 e. The van der Waals surface area contributed by atoms with Crippen molar-refractivity contribution in [2.75, 3.05) is 45.6 Å². The van der Waals surface area contributed by atoms with Crippen LogP contribution in [-0.4, -0.2) is 86.4 Å². The second kappa shape index (κ2) is 13.7. The van der Waals surface area contributed by atoms with Crippen molar-refractivity contribution in [1.29, 1.82) is 0 Å². The van der Waals surface area contributed by atoms with E-state index in [2.05, 4.69) is 21.2 Å². The first kappa shape index (κ1) is 30.5. The molecule has 1 heterocycles. The molecule has 1 saturated heterocycles. The van der Waals surface area contributed by atoms with Crippen LogP contribution in [0.15, 0.2) is 53.0 Å². The van der Waals surface area contributed by atoms with Crippen LogP contribution in [0.2, 0.25) is 0 Å². The molecule has 0 saturated carbocycles. The number of nitrogens with zero attached hydrogens (tertiary/aromatic N) is 2. The summed E-state index contributed by atoms with van der Waals surface area (Å²) >= 11 is 3.37. The fraction of sp³-hybridized carbons (Fsp3) is 0.391. The van der Waals surface area contributed by atoms with Gasteiger partial charge in [-0.2, -0.15) is 17.5 Å². The number of carbonyl (C=O) groups excluding carboxylic acids is 1. The Balaban J connectivity index is 0.000000604. The monoisotopic (exact) mass is 609 g/mol. The van der Waals surface area contributed by atoms with E-state index >= 15 is 0 Å². The first-order valence-corrected chi connectivity index (χ1v) is 13.4. The van der Waals surface area contributed by atoms with Crippen LogP contribution in [-0.2, 0) is 21.4 Å². The summed E-state index contributed by atoms with van der Waals surface area (Å²) in [4.78, 5) is 23.7. The number of carboxylic acids is 1. The van der Waals surface area contributed by atoms with Crippen molar-refractivity contribution < 1.29 is 41.0 Å². The minimum Gasteiger partial charge on any atom is -0.496 e. The molecule has 0 unspecified atom stereocenters. The number of carbonyl (C=O) groups is 2. The number of para-hydroxylation sites is 1. The molecule has 0 bridgehead atoms. The third-order valence-corrected chi connectivity index (χ3v) is 7.64. The number of hydrogen-bond acceptors (Lipinski definition) is 6. The van der Waals surface area contributed by atoms with E-state index in [1.54, 1.807) is 36.3 Å². The van der Waals surface area contributed by atoms with Gasteiger partial charge in [-0.15, -0.1) is 0 Å². The van der Waals surface area contributed by atoms with Gasteiger partial charge < -0.3 is 20.1 Å². The van der Waals surface area contributed by atoms with Crippen LogP contribution >= 0.6 is 15.9 Å². The van der Waals surface area contributed by atoms with E-state index in [0.717, 1.165) is 10.0 Å². The number of ether oxygens (including phenoxy) is 1. The van der Waals surface area contributed by atoms with Crippen molar-refractivity contribution in [3.63, 3.8) is 0 Å². The maximum Gasteiger partial charge on any atom is 0.490 e. The molecule has 37 heavy (non-hydrogen) atoms. The molecule has 1 aliphatic rings. The van der Waals surface area contributed by atoms with Crippen molar-refractivity contribution in [3.05, 3.63) is 64.1 Å². The Morgan fingerprint density at radius 3 is 2.22 bits per heavy atom. The molecule has 0 aromatic heterocycles. The number of amides is 1. The van der Waals surface area contributed by atoms with Gasteiger partial charge >= 0.3 is 12.1 Å². The molecular weight excluding hydrogens is 583 g/mol. The SMILES string of the molecule is COc1ccccc1CN(CCS(=O)(=O)N1CCNCC1)C(=O)c1ccc(Br)cc1.O=C(O)C(F)(F)F. The Hall–Kier alpha value is -2.68. The lowest BCUT2D eigenvalue weighted by atomic mass is 10.1. The lowest BCUT2D eigenvalue weighted by Crippen LogP contribution is -2.48. The second-order valence-corrected chi connectivity index (χ2v) is 10.8. The minimum atomic E-state index is -5.08. The number of carboxylic acid groups (broad SMARTS) is 1. The van der Waals surface area contributed by atoms with Gasteiger partial charge in [-0.25, -0.2) is 13.2 Å². The zero-order valence-electron chi connectivity index (χ0n) is 19.9. The third-order valence-electron chi connectivity index (χ3n) is 5.26. The molecule has 0 radical (unpaired) electrons. The van der Waals surface area contributed by atoms with Crippen molar-refractivity contribution >= 4 is 37.8 Å². The normalized spacial score (nSPS) is 14.3. The molecule has 3 rings (SSSR count). The first-order valence-electron chi connectivity index (χ1n) is 11.0. The predicted octanol–water partition coefficient (Wildman–Crippen LogP) is 2.97. The summed E-state index contributed by atoms with van der Waals surface area (Å²) in [6, 6.07) is 14.5. The van der Waals surface area contributed by atoms with Gasteiger partial charge in [-0.05, 0) is 30.3 Å². The topological polar surface area (TPSA) is 116 Å². The number of alkyl halides is 3. The highest BCUT2D eigenvalue weighted by Crippen LogP contribution is 2.21. The van der Waals surface area contributed by atoms with E-state index < -0.39 is 22.2 Å². The third kappa shape index (κ3) is 9.61. The summed E-state index contributed by atoms with van der Waals surface area (Å²) in [6.07, 6.45) is -5.08. The Kier molecular flexibility index (Phi) is 11.3. The van der Waals surface area contributed by atoms with Gasteiger partial charge in [0.1, 0.15) is 5.75 Å². The summed E-state index contributed by atoms with van der Waals surface area (Å²) in [6.45, 7) is 2.55. The minimum absolute atomic E-state index is 0.0964. The fourth-order valence-corrected chi connectivity index (χ4v) is 5.06. The van der Waals surface area contributed by atoms with E-state index in [1.807, 2.05) is 24.3 Å². The van der Waals surface area contributed by atoms with Gasteiger partial charge in [0, 0.05) is 54.9 Å². The molecule has 0 aliphatic carbocycles. The van der Waals surface area contributed by atoms with Gasteiger partial charge in [-0.3, -0.25) is 4.79 Å². The predicted molar refractivity (Wildman–Crippen MR) is 134 cm³/mol.